The van der Waals surface area contributed by atoms with Crippen molar-refractivity contribution in [3.8, 4) is 11.1 Å². The zero-order chi connectivity index (χ0) is 22.9. The van der Waals surface area contributed by atoms with E-state index in [1.54, 1.807) is 0 Å². The molecule has 170 valence electrons. The lowest BCUT2D eigenvalue weighted by molar-refractivity contribution is 0.139. The van der Waals surface area contributed by atoms with Crippen LogP contribution in [0.1, 0.15) is 23.6 Å². The van der Waals surface area contributed by atoms with Gasteiger partial charge in [0.1, 0.15) is 0 Å². The number of nitrogens with one attached hydrogen (secondary N) is 1. The Morgan fingerprint density at radius 3 is 2.48 bits per heavy atom. The number of hydrogen-bond donors (Lipinski definition) is 1. The number of piperidine rings is 1. The van der Waals surface area contributed by atoms with E-state index in [4.69, 9.17) is 0 Å². The Kier molecular flexibility index (Phi) is 5.77. The molecule has 2 aliphatic heterocycles. The van der Waals surface area contributed by atoms with Gasteiger partial charge < -0.3 is 19.7 Å². The lowest BCUT2D eigenvalue weighted by Gasteiger charge is -2.42. The molecule has 5 rings (SSSR count). The third-order valence-electron chi connectivity index (χ3n) is 6.71. The molecule has 3 heterocycles. The SMILES string of the molecule is CN(C)Cc1ccccc1-c1ccc2n(c1=O)C[C@H]1C[C@@H]2CN(C(=O)Nc2ccccc2)C1. The number of benzene rings is 2. The van der Waals surface area contributed by atoms with E-state index in [0.29, 0.717) is 19.6 Å². The van der Waals surface area contributed by atoms with Crippen LogP contribution in [0.4, 0.5) is 10.5 Å². The van der Waals surface area contributed by atoms with Crippen molar-refractivity contribution in [2.45, 2.75) is 25.4 Å². The van der Waals surface area contributed by atoms with Crippen LogP contribution in [0.5, 0.6) is 0 Å². The van der Waals surface area contributed by atoms with Crippen molar-refractivity contribution in [3.63, 3.8) is 0 Å². The highest BCUT2D eigenvalue weighted by Crippen LogP contribution is 2.36. The molecule has 1 fully saturated rings. The molecule has 2 aromatic carbocycles. The minimum absolute atomic E-state index is 0.0686. The topological polar surface area (TPSA) is 57.6 Å². The van der Waals surface area contributed by atoms with E-state index < -0.39 is 0 Å². The van der Waals surface area contributed by atoms with Gasteiger partial charge >= 0.3 is 6.03 Å². The van der Waals surface area contributed by atoms with Crippen LogP contribution in [-0.4, -0.2) is 47.6 Å². The van der Waals surface area contributed by atoms with E-state index in [2.05, 4.69) is 22.3 Å². The maximum atomic E-state index is 13.6. The second-order valence-corrected chi connectivity index (χ2v) is 9.48. The van der Waals surface area contributed by atoms with Crippen LogP contribution in [-0.2, 0) is 13.1 Å². The van der Waals surface area contributed by atoms with Crippen molar-refractivity contribution in [1.29, 1.82) is 0 Å². The summed E-state index contributed by atoms with van der Waals surface area (Å²) in [6, 6.07) is 21.7. The Balaban J connectivity index is 1.42. The van der Waals surface area contributed by atoms with E-state index in [0.717, 1.165) is 41.0 Å². The highest BCUT2D eigenvalue weighted by atomic mass is 16.2. The summed E-state index contributed by atoms with van der Waals surface area (Å²) in [7, 11) is 4.08. The first-order valence-electron chi connectivity index (χ1n) is 11.6. The first kappa shape index (κ1) is 21.5. The summed E-state index contributed by atoms with van der Waals surface area (Å²) in [5.41, 5.74) is 4.84. The van der Waals surface area contributed by atoms with Crippen LogP contribution in [0.3, 0.4) is 0 Å². The molecule has 33 heavy (non-hydrogen) atoms. The zero-order valence-electron chi connectivity index (χ0n) is 19.2. The quantitative estimate of drug-likeness (QED) is 0.658. The third-order valence-corrected chi connectivity index (χ3v) is 6.71. The Morgan fingerprint density at radius 2 is 1.70 bits per heavy atom. The summed E-state index contributed by atoms with van der Waals surface area (Å²) in [5, 5.41) is 3.00. The molecule has 0 radical (unpaired) electrons. The third kappa shape index (κ3) is 4.31. The van der Waals surface area contributed by atoms with Crippen molar-refractivity contribution >= 4 is 11.7 Å². The molecular formula is C27H30N4O2. The number of anilines is 1. The number of fused-ring (bicyclic) bond motifs is 4. The van der Waals surface area contributed by atoms with Gasteiger partial charge in [0.2, 0.25) is 0 Å². The van der Waals surface area contributed by atoms with Crippen molar-refractivity contribution in [2.24, 2.45) is 5.92 Å². The van der Waals surface area contributed by atoms with Gasteiger partial charge in [0.25, 0.3) is 5.56 Å². The second kappa shape index (κ2) is 8.87. The number of nitrogens with zero attached hydrogens (tertiary/aromatic N) is 3. The predicted octanol–water partition coefficient (Wildman–Crippen LogP) is 4.23. The van der Waals surface area contributed by atoms with Crippen LogP contribution in [0, 0.1) is 5.92 Å². The van der Waals surface area contributed by atoms with Gasteiger partial charge in [0, 0.05) is 49.0 Å². The van der Waals surface area contributed by atoms with Crippen molar-refractivity contribution < 1.29 is 4.79 Å². The molecule has 3 aromatic rings. The number of para-hydroxylation sites is 1. The summed E-state index contributed by atoms with van der Waals surface area (Å²) in [4.78, 5) is 30.5. The fraction of sp³-hybridized carbons (Fsp3) is 0.333. The van der Waals surface area contributed by atoms with Gasteiger partial charge in [-0.25, -0.2) is 4.79 Å². The number of carbonyl (C=O) groups excluding carboxylic acids is 1. The first-order valence-corrected chi connectivity index (χ1v) is 11.6. The number of hydrogen-bond acceptors (Lipinski definition) is 3. The van der Waals surface area contributed by atoms with Gasteiger partial charge in [-0.1, -0.05) is 42.5 Å². The molecule has 0 spiro atoms. The van der Waals surface area contributed by atoms with Crippen LogP contribution in [0.15, 0.2) is 71.5 Å². The molecule has 6 nitrogen and oxygen atoms in total. The van der Waals surface area contributed by atoms with Gasteiger partial charge in [-0.2, -0.15) is 0 Å². The number of pyridine rings is 1. The van der Waals surface area contributed by atoms with Crippen molar-refractivity contribution in [1.82, 2.24) is 14.4 Å². The van der Waals surface area contributed by atoms with Gasteiger partial charge in [0.15, 0.2) is 0 Å². The number of aromatic nitrogens is 1. The lowest BCUT2D eigenvalue weighted by atomic mass is 9.83. The molecule has 1 saturated heterocycles. The summed E-state index contributed by atoms with van der Waals surface area (Å²) in [6.45, 7) is 2.74. The molecule has 1 aromatic heterocycles. The van der Waals surface area contributed by atoms with Gasteiger partial charge in [-0.15, -0.1) is 0 Å². The Hall–Kier alpha value is -3.38. The minimum Gasteiger partial charge on any atom is -0.324 e. The molecule has 2 bridgehead atoms. The van der Waals surface area contributed by atoms with E-state index in [9.17, 15) is 9.59 Å². The average Bonchev–Trinajstić information content (AvgIpc) is 2.80. The molecule has 2 atom stereocenters. The highest BCUT2D eigenvalue weighted by molar-refractivity contribution is 5.89. The number of amides is 2. The summed E-state index contributed by atoms with van der Waals surface area (Å²) in [5.74, 6) is 0.459. The normalized spacial score (nSPS) is 19.3. The monoisotopic (exact) mass is 442 g/mol. The Bertz CT molecular complexity index is 1220. The van der Waals surface area contributed by atoms with Crippen LogP contribution >= 0.6 is 0 Å². The molecule has 0 aliphatic carbocycles. The molecule has 0 unspecified atom stereocenters. The number of likely N-dealkylation sites (tertiary alicyclic amines) is 1. The summed E-state index contributed by atoms with van der Waals surface area (Å²) >= 11 is 0. The number of carbonyl (C=O) groups is 1. The Labute approximate surface area is 194 Å². The standard InChI is InChI=1S/C27H30N4O2/c1-29(2)17-20-8-6-7-11-23(20)24-12-13-25-21-14-19(16-31(25)26(24)32)15-30(18-21)27(33)28-22-9-4-3-5-10-22/h3-13,19,21H,14-18H2,1-2H3,(H,28,33)/t19-,21+/m0/s1. The predicted molar refractivity (Wildman–Crippen MR) is 131 cm³/mol. The summed E-state index contributed by atoms with van der Waals surface area (Å²) in [6.07, 6.45) is 1.02. The van der Waals surface area contributed by atoms with Gasteiger partial charge in [-0.3, -0.25) is 4.79 Å². The van der Waals surface area contributed by atoms with Crippen LogP contribution < -0.4 is 10.9 Å². The Morgan fingerprint density at radius 1 is 0.939 bits per heavy atom. The van der Waals surface area contributed by atoms with Crippen molar-refractivity contribution in [3.05, 3.63) is 88.3 Å². The second-order valence-electron chi connectivity index (χ2n) is 9.48. The van der Waals surface area contributed by atoms with Gasteiger partial charge in [0.05, 0.1) is 0 Å². The maximum absolute atomic E-state index is 13.6. The van der Waals surface area contributed by atoms with E-state index in [-0.39, 0.29) is 23.4 Å². The number of urea groups is 1. The van der Waals surface area contributed by atoms with Crippen LogP contribution in [0.25, 0.3) is 11.1 Å². The number of rotatable bonds is 4. The van der Waals surface area contributed by atoms with Crippen molar-refractivity contribution in [2.75, 3.05) is 32.5 Å². The van der Waals surface area contributed by atoms with E-state index in [1.807, 2.05) is 78.2 Å². The summed E-state index contributed by atoms with van der Waals surface area (Å²) < 4.78 is 1.97. The maximum Gasteiger partial charge on any atom is 0.321 e. The largest absolute Gasteiger partial charge is 0.324 e. The van der Waals surface area contributed by atoms with Gasteiger partial charge in [-0.05, 0) is 61.8 Å². The van der Waals surface area contributed by atoms with E-state index >= 15 is 0 Å². The molecule has 2 aliphatic rings. The lowest BCUT2D eigenvalue weighted by Crippen LogP contribution is -2.50. The van der Waals surface area contributed by atoms with Crippen LogP contribution in [0.2, 0.25) is 0 Å². The zero-order valence-corrected chi connectivity index (χ0v) is 19.2. The molecule has 2 amide bonds. The minimum atomic E-state index is -0.0686. The highest BCUT2D eigenvalue weighted by Gasteiger charge is 2.36. The fourth-order valence-corrected chi connectivity index (χ4v) is 5.30. The molecule has 1 N–H and O–H groups in total. The average molecular weight is 443 g/mol. The molecule has 6 heteroatoms. The van der Waals surface area contributed by atoms with E-state index in [1.165, 1.54) is 0 Å². The fourth-order valence-electron chi connectivity index (χ4n) is 5.30. The first-order chi connectivity index (χ1) is 16.0. The molecular weight excluding hydrogens is 412 g/mol. The molecule has 0 saturated carbocycles. The smallest absolute Gasteiger partial charge is 0.321 e.